The molecule has 3 aromatic carbocycles. The number of rotatable bonds is 6. The maximum Gasteiger partial charge on any atom is 0.255 e. The number of nitrogens with one attached hydrogen (secondary N) is 2. The fourth-order valence-electron chi connectivity index (χ4n) is 4.33. The molecule has 1 amide bonds. The van der Waals surface area contributed by atoms with Crippen LogP contribution in [0.5, 0.6) is 0 Å². The van der Waals surface area contributed by atoms with Gasteiger partial charge in [0.1, 0.15) is 6.04 Å². The van der Waals surface area contributed by atoms with Gasteiger partial charge in [-0.15, -0.1) is 5.10 Å². The maximum absolute atomic E-state index is 13.8. The molecule has 2 heterocycles. The second-order valence-corrected chi connectivity index (χ2v) is 11.2. The van der Waals surface area contributed by atoms with Crippen LogP contribution < -0.4 is 10.6 Å². The first-order valence-electron chi connectivity index (χ1n) is 11.9. The van der Waals surface area contributed by atoms with Crippen LogP contribution in [0.15, 0.2) is 77.1 Å². The van der Waals surface area contributed by atoms with E-state index in [1.54, 1.807) is 16.8 Å². The standard InChI is InChI=1S/C28H24Cl3N5OS/c1-15-7-6-10-23(16(15)2)33-26(37)24-17(3)32-27-34-28(38-14-18-8-4-5-9-21(18)30)35-36(27)25(24)20-12-11-19(29)13-22(20)31/h4-13,25H,14H2,1-3H3,(H,33,37)(H,32,34,35). The van der Waals surface area contributed by atoms with E-state index in [1.807, 2.05) is 69.3 Å². The third-order valence-electron chi connectivity index (χ3n) is 6.50. The Bertz CT molecular complexity index is 1580. The summed E-state index contributed by atoms with van der Waals surface area (Å²) in [5.41, 5.74) is 5.66. The molecule has 0 radical (unpaired) electrons. The number of hydrogen-bond acceptors (Lipinski definition) is 5. The average molecular weight is 585 g/mol. The lowest BCUT2D eigenvalue weighted by atomic mass is 9.94. The van der Waals surface area contributed by atoms with Crippen molar-refractivity contribution in [2.24, 2.45) is 0 Å². The van der Waals surface area contributed by atoms with Crippen molar-refractivity contribution < 1.29 is 4.79 Å². The molecule has 0 aliphatic carbocycles. The van der Waals surface area contributed by atoms with Gasteiger partial charge in [0, 0.05) is 37.8 Å². The lowest BCUT2D eigenvalue weighted by Crippen LogP contribution is -2.31. The minimum Gasteiger partial charge on any atom is -0.328 e. The van der Waals surface area contributed by atoms with Gasteiger partial charge in [-0.2, -0.15) is 4.98 Å². The summed E-state index contributed by atoms with van der Waals surface area (Å²) in [6.07, 6.45) is 0. The molecule has 1 unspecified atom stereocenters. The van der Waals surface area contributed by atoms with Gasteiger partial charge < -0.3 is 10.6 Å². The summed E-state index contributed by atoms with van der Waals surface area (Å²) in [7, 11) is 0. The number of benzene rings is 3. The number of aryl methyl sites for hydroxylation is 1. The lowest BCUT2D eigenvalue weighted by molar-refractivity contribution is -0.113. The Balaban J connectivity index is 1.53. The first-order chi connectivity index (χ1) is 18.2. The maximum atomic E-state index is 13.8. The molecule has 1 aromatic heterocycles. The van der Waals surface area contributed by atoms with Gasteiger partial charge in [0.05, 0.1) is 5.57 Å². The molecule has 0 saturated carbocycles. The molecule has 4 aromatic rings. The van der Waals surface area contributed by atoms with E-state index in [9.17, 15) is 4.79 Å². The van der Waals surface area contributed by atoms with E-state index in [0.717, 1.165) is 22.4 Å². The molecule has 194 valence electrons. The van der Waals surface area contributed by atoms with Crippen LogP contribution in [0.1, 0.15) is 35.2 Å². The molecule has 0 saturated heterocycles. The number of allylic oxidation sites excluding steroid dienone is 1. The zero-order valence-corrected chi connectivity index (χ0v) is 23.9. The molecule has 1 aliphatic heterocycles. The summed E-state index contributed by atoms with van der Waals surface area (Å²) in [5, 5.41) is 13.3. The quantitative estimate of drug-likeness (QED) is 0.224. The highest BCUT2D eigenvalue weighted by Gasteiger charge is 2.35. The van der Waals surface area contributed by atoms with E-state index in [4.69, 9.17) is 44.9 Å². The van der Waals surface area contributed by atoms with Gasteiger partial charge in [0.15, 0.2) is 0 Å². The molecule has 2 N–H and O–H groups in total. The second kappa shape index (κ2) is 11.0. The van der Waals surface area contributed by atoms with Crippen LogP contribution in [0.3, 0.4) is 0 Å². The predicted octanol–water partition coefficient (Wildman–Crippen LogP) is 8.08. The highest BCUT2D eigenvalue weighted by Crippen LogP contribution is 2.40. The minimum atomic E-state index is -0.622. The summed E-state index contributed by atoms with van der Waals surface area (Å²) < 4.78 is 1.70. The third-order valence-corrected chi connectivity index (χ3v) is 8.32. The van der Waals surface area contributed by atoms with Crippen LogP contribution in [0.2, 0.25) is 15.1 Å². The number of thioether (sulfide) groups is 1. The van der Waals surface area contributed by atoms with E-state index in [2.05, 4.69) is 10.6 Å². The van der Waals surface area contributed by atoms with Crippen LogP contribution in [-0.2, 0) is 10.5 Å². The molecule has 1 aliphatic rings. The Labute approximate surface area is 240 Å². The first kappa shape index (κ1) is 26.6. The molecule has 0 fully saturated rings. The van der Waals surface area contributed by atoms with Crippen molar-refractivity contribution in [1.29, 1.82) is 0 Å². The predicted molar refractivity (Wildman–Crippen MR) is 157 cm³/mol. The van der Waals surface area contributed by atoms with E-state index in [-0.39, 0.29) is 5.91 Å². The highest BCUT2D eigenvalue weighted by molar-refractivity contribution is 7.98. The van der Waals surface area contributed by atoms with Gasteiger partial charge in [-0.25, -0.2) is 4.68 Å². The number of halogens is 3. The van der Waals surface area contributed by atoms with Crippen molar-refractivity contribution >= 4 is 64.1 Å². The van der Waals surface area contributed by atoms with Crippen molar-refractivity contribution in [3.8, 4) is 0 Å². The smallest absolute Gasteiger partial charge is 0.255 e. The first-order valence-corrected chi connectivity index (χ1v) is 14.0. The molecule has 10 heteroatoms. The van der Waals surface area contributed by atoms with E-state index >= 15 is 0 Å². The second-order valence-electron chi connectivity index (χ2n) is 8.98. The molecule has 0 spiro atoms. The van der Waals surface area contributed by atoms with Gasteiger partial charge in [0.2, 0.25) is 11.1 Å². The van der Waals surface area contributed by atoms with Crippen molar-refractivity contribution in [3.05, 3.63) is 109 Å². The summed E-state index contributed by atoms with van der Waals surface area (Å²) in [5.74, 6) is 0.858. The van der Waals surface area contributed by atoms with Crippen molar-refractivity contribution in [2.45, 2.75) is 37.7 Å². The zero-order chi connectivity index (χ0) is 27.0. The van der Waals surface area contributed by atoms with E-state index in [1.165, 1.54) is 11.8 Å². The van der Waals surface area contributed by atoms with Gasteiger partial charge in [-0.3, -0.25) is 4.79 Å². The Hall–Kier alpha value is -2.97. The summed E-state index contributed by atoms with van der Waals surface area (Å²) >= 11 is 20.7. The van der Waals surface area contributed by atoms with Crippen LogP contribution in [-0.4, -0.2) is 20.7 Å². The van der Waals surface area contributed by atoms with Gasteiger partial charge in [0.25, 0.3) is 5.91 Å². The monoisotopic (exact) mass is 583 g/mol. The third kappa shape index (κ3) is 5.29. The number of carbonyl (C=O) groups excluding carboxylic acids is 1. The molecular weight excluding hydrogens is 561 g/mol. The van der Waals surface area contributed by atoms with Crippen molar-refractivity contribution in [2.75, 3.05) is 10.6 Å². The number of carbonyl (C=O) groups is 1. The topological polar surface area (TPSA) is 71.8 Å². The number of nitrogens with zero attached hydrogens (tertiary/aromatic N) is 3. The SMILES string of the molecule is CC1=C(C(=O)Nc2cccc(C)c2C)C(c2ccc(Cl)cc2Cl)n2nc(SCc3ccccc3Cl)nc2N1. The van der Waals surface area contributed by atoms with Crippen LogP contribution in [0.25, 0.3) is 0 Å². The lowest BCUT2D eigenvalue weighted by Gasteiger charge is -2.29. The van der Waals surface area contributed by atoms with Gasteiger partial charge >= 0.3 is 0 Å². The Morgan fingerprint density at radius 2 is 1.82 bits per heavy atom. The summed E-state index contributed by atoms with van der Waals surface area (Å²) in [6, 6.07) is 18.1. The average Bonchev–Trinajstić information content (AvgIpc) is 3.28. The summed E-state index contributed by atoms with van der Waals surface area (Å²) in [6.45, 7) is 5.85. The van der Waals surface area contributed by atoms with Crippen LogP contribution >= 0.6 is 46.6 Å². The van der Waals surface area contributed by atoms with Crippen molar-refractivity contribution in [3.63, 3.8) is 0 Å². The normalized spacial score (nSPS) is 14.7. The molecule has 0 bridgehead atoms. The Morgan fingerprint density at radius 3 is 2.58 bits per heavy atom. The number of aromatic nitrogens is 3. The number of fused-ring (bicyclic) bond motifs is 1. The Morgan fingerprint density at radius 1 is 1.03 bits per heavy atom. The van der Waals surface area contributed by atoms with Crippen LogP contribution in [0, 0.1) is 13.8 Å². The van der Waals surface area contributed by atoms with Gasteiger partial charge in [-0.1, -0.05) is 83.0 Å². The molecular formula is C28H24Cl3N5OS. The fraction of sp³-hybridized carbons (Fsp3) is 0.179. The summed E-state index contributed by atoms with van der Waals surface area (Å²) in [4.78, 5) is 18.5. The molecule has 1 atom stereocenters. The number of hydrogen-bond donors (Lipinski definition) is 2. The Kier molecular flexibility index (Phi) is 7.73. The van der Waals surface area contributed by atoms with E-state index in [0.29, 0.717) is 48.8 Å². The van der Waals surface area contributed by atoms with Gasteiger partial charge in [-0.05, 0) is 61.7 Å². The van der Waals surface area contributed by atoms with E-state index < -0.39 is 6.04 Å². The zero-order valence-electron chi connectivity index (χ0n) is 20.8. The molecule has 38 heavy (non-hydrogen) atoms. The van der Waals surface area contributed by atoms with Crippen LogP contribution in [0.4, 0.5) is 11.6 Å². The minimum absolute atomic E-state index is 0.258. The molecule has 6 nitrogen and oxygen atoms in total. The number of amides is 1. The molecule has 5 rings (SSSR count). The van der Waals surface area contributed by atoms with Crippen molar-refractivity contribution in [1.82, 2.24) is 14.8 Å². The fourth-order valence-corrected chi connectivity index (χ4v) is 5.96. The highest BCUT2D eigenvalue weighted by atomic mass is 35.5. The number of anilines is 2. The largest absolute Gasteiger partial charge is 0.328 e.